The molecule has 4 aliphatic rings. The maximum Gasteiger partial charge on any atom is 0.160 e. The van der Waals surface area contributed by atoms with E-state index in [1.54, 1.807) is 0 Å². The Hall–Kier alpha value is -0.890. The van der Waals surface area contributed by atoms with Gasteiger partial charge in [-0.25, -0.2) is 0 Å². The van der Waals surface area contributed by atoms with Crippen LogP contribution in [0.15, 0.2) is 23.8 Å². The summed E-state index contributed by atoms with van der Waals surface area (Å²) in [5.74, 6) is 1.89. The average Bonchev–Trinajstić information content (AvgIpc) is 3.05. The van der Waals surface area contributed by atoms with Crippen molar-refractivity contribution in [1.82, 2.24) is 0 Å². The molecule has 0 radical (unpaired) electrons. The Kier molecular flexibility index (Phi) is 6.41. The molecule has 1 N–H and O–H groups in total. The van der Waals surface area contributed by atoms with Gasteiger partial charge in [-0.3, -0.25) is 4.79 Å². The molecule has 0 saturated heterocycles. The van der Waals surface area contributed by atoms with Crippen LogP contribution in [0.4, 0.5) is 0 Å². The predicted octanol–water partition coefficient (Wildman–Crippen LogP) is 8.29. The van der Waals surface area contributed by atoms with Gasteiger partial charge >= 0.3 is 0 Å². The molecule has 4 aliphatic carbocycles. The van der Waals surface area contributed by atoms with E-state index in [0.29, 0.717) is 30.0 Å². The Labute approximate surface area is 210 Å². The second kappa shape index (κ2) is 8.32. The minimum atomic E-state index is -0.182. The normalized spacial score (nSPS) is 46.4. The molecule has 0 spiro atoms. The Balaban J connectivity index is 1.79. The van der Waals surface area contributed by atoms with Crippen LogP contribution in [-0.2, 0) is 4.79 Å². The van der Waals surface area contributed by atoms with Crippen molar-refractivity contribution in [3.63, 3.8) is 0 Å². The van der Waals surface area contributed by atoms with E-state index in [1.807, 2.05) is 0 Å². The maximum absolute atomic E-state index is 13.2. The van der Waals surface area contributed by atoms with Gasteiger partial charge < -0.3 is 5.11 Å². The molecule has 0 unspecified atom stereocenters. The number of fused-ring (bicyclic) bond motifs is 2. The summed E-state index contributed by atoms with van der Waals surface area (Å²) in [4.78, 5) is 13.2. The van der Waals surface area contributed by atoms with E-state index in [2.05, 4.69) is 68.0 Å². The zero-order valence-corrected chi connectivity index (χ0v) is 23.5. The van der Waals surface area contributed by atoms with Gasteiger partial charge in [-0.2, -0.15) is 0 Å². The molecule has 3 saturated carbocycles. The summed E-state index contributed by atoms with van der Waals surface area (Å²) in [6.07, 6.45) is 12.9. The van der Waals surface area contributed by atoms with Crippen LogP contribution in [0.3, 0.4) is 0 Å². The van der Waals surface area contributed by atoms with E-state index in [9.17, 15) is 9.90 Å². The standard InChI is InChI=1S/C32H52O2/c1-10-12-25-30(8)15-14-26(34)28(5,6)24(30)13-16-31(25,9)29(7)17-18-32(11-2)20-23(33)27(21(3)4)22(32)19-29/h11,21,24-26,34H,2,10,12-20H2,1,3-9H3/t24-,25+,26-,29+,30-,31+,32-/m0/s1. The largest absolute Gasteiger partial charge is 0.393 e. The number of ketones is 1. The van der Waals surface area contributed by atoms with Gasteiger partial charge in [0.15, 0.2) is 5.78 Å². The van der Waals surface area contributed by atoms with Crippen LogP contribution >= 0.6 is 0 Å². The highest BCUT2D eigenvalue weighted by Crippen LogP contribution is 2.72. The Morgan fingerprint density at radius 1 is 1.03 bits per heavy atom. The van der Waals surface area contributed by atoms with Gasteiger partial charge in [-0.15, -0.1) is 6.58 Å². The molecule has 0 bridgehead atoms. The van der Waals surface area contributed by atoms with Crippen LogP contribution in [0.1, 0.15) is 120 Å². The van der Waals surface area contributed by atoms with Gasteiger partial charge in [0.05, 0.1) is 6.10 Å². The number of carbonyl (C=O) groups is 1. The molecule has 4 rings (SSSR count). The second-order valence-electron chi connectivity index (χ2n) is 14.5. The molecule has 0 aromatic carbocycles. The lowest BCUT2D eigenvalue weighted by Crippen LogP contribution is -2.62. The topological polar surface area (TPSA) is 37.3 Å². The molecule has 0 aromatic heterocycles. The van der Waals surface area contributed by atoms with Crippen LogP contribution in [0.5, 0.6) is 0 Å². The first kappa shape index (κ1) is 26.2. The molecular formula is C32H52O2. The summed E-state index contributed by atoms with van der Waals surface area (Å²) >= 11 is 0. The van der Waals surface area contributed by atoms with Crippen molar-refractivity contribution < 1.29 is 9.90 Å². The quantitative estimate of drug-likeness (QED) is 0.412. The lowest BCUT2D eigenvalue weighted by Gasteiger charge is -2.68. The molecule has 0 aromatic rings. The SMILES string of the molecule is C=C[C@@]12CC[C@@](C)([C@]3(C)CC[C@H]4C(C)(C)[C@@H](O)CC[C@]4(C)[C@H]3CCC)CC1=C(C(C)C)C(=O)C2. The molecule has 7 atom stereocenters. The molecule has 2 nitrogen and oxygen atoms in total. The second-order valence-corrected chi connectivity index (χ2v) is 14.5. The molecule has 192 valence electrons. The first-order valence-corrected chi connectivity index (χ1v) is 14.3. The third kappa shape index (κ3) is 3.40. The molecular weight excluding hydrogens is 416 g/mol. The van der Waals surface area contributed by atoms with Crippen LogP contribution in [0, 0.1) is 44.8 Å². The fourth-order valence-electron chi connectivity index (χ4n) is 10.1. The summed E-state index contributed by atoms with van der Waals surface area (Å²) < 4.78 is 0. The minimum Gasteiger partial charge on any atom is -0.393 e. The number of hydrogen-bond donors (Lipinski definition) is 1. The van der Waals surface area contributed by atoms with Gasteiger partial charge in [0.2, 0.25) is 0 Å². The lowest BCUT2D eigenvalue weighted by atomic mass is 9.37. The number of aliphatic hydroxyl groups excluding tert-OH is 1. The Morgan fingerprint density at radius 3 is 2.29 bits per heavy atom. The first-order chi connectivity index (χ1) is 15.7. The zero-order chi connectivity index (χ0) is 25.3. The average molecular weight is 469 g/mol. The fraction of sp³-hybridized carbons (Fsp3) is 0.844. The number of aliphatic hydroxyl groups is 1. The van der Waals surface area contributed by atoms with E-state index in [4.69, 9.17) is 0 Å². The minimum absolute atomic E-state index is 0.0169. The van der Waals surface area contributed by atoms with Crippen molar-refractivity contribution in [2.75, 3.05) is 0 Å². The van der Waals surface area contributed by atoms with Gasteiger partial charge in [0.25, 0.3) is 0 Å². The molecule has 0 heterocycles. The highest BCUT2D eigenvalue weighted by atomic mass is 16.3. The number of carbonyl (C=O) groups excluding carboxylic acids is 1. The third-order valence-electron chi connectivity index (χ3n) is 12.3. The number of Topliss-reactive ketones (excluding diaryl/α,β-unsaturated/α-hetero) is 1. The van der Waals surface area contributed by atoms with Gasteiger partial charge in [-0.1, -0.05) is 73.5 Å². The third-order valence-corrected chi connectivity index (χ3v) is 12.3. The van der Waals surface area contributed by atoms with Crippen molar-refractivity contribution in [3.8, 4) is 0 Å². The monoisotopic (exact) mass is 468 g/mol. The summed E-state index contributed by atoms with van der Waals surface area (Å²) in [5.41, 5.74) is 3.15. The van der Waals surface area contributed by atoms with E-state index < -0.39 is 0 Å². The molecule has 34 heavy (non-hydrogen) atoms. The smallest absolute Gasteiger partial charge is 0.160 e. The highest BCUT2D eigenvalue weighted by Gasteiger charge is 2.65. The fourth-order valence-corrected chi connectivity index (χ4v) is 10.1. The van der Waals surface area contributed by atoms with E-state index in [0.717, 1.165) is 31.3 Å². The van der Waals surface area contributed by atoms with Crippen LogP contribution in [0.25, 0.3) is 0 Å². The van der Waals surface area contributed by atoms with Crippen LogP contribution in [-0.4, -0.2) is 17.0 Å². The molecule has 0 amide bonds. The lowest BCUT2D eigenvalue weighted by molar-refractivity contribution is -0.202. The number of allylic oxidation sites excluding steroid dienone is 3. The highest BCUT2D eigenvalue weighted by molar-refractivity contribution is 6.00. The van der Waals surface area contributed by atoms with Gasteiger partial charge in [-0.05, 0) is 96.4 Å². The van der Waals surface area contributed by atoms with Crippen molar-refractivity contribution in [2.24, 2.45) is 44.8 Å². The number of hydrogen-bond acceptors (Lipinski definition) is 2. The molecule has 2 heteroatoms. The van der Waals surface area contributed by atoms with E-state index in [-0.39, 0.29) is 33.2 Å². The van der Waals surface area contributed by atoms with Crippen molar-refractivity contribution in [3.05, 3.63) is 23.8 Å². The predicted molar refractivity (Wildman–Crippen MR) is 142 cm³/mol. The molecule has 3 fully saturated rings. The summed E-state index contributed by atoms with van der Waals surface area (Å²) in [6, 6.07) is 0. The summed E-state index contributed by atoms with van der Waals surface area (Å²) in [5, 5.41) is 11.0. The number of rotatable bonds is 5. The summed E-state index contributed by atoms with van der Waals surface area (Å²) in [6.45, 7) is 23.5. The van der Waals surface area contributed by atoms with Gasteiger partial charge in [0.1, 0.15) is 0 Å². The van der Waals surface area contributed by atoms with Crippen LogP contribution < -0.4 is 0 Å². The zero-order valence-electron chi connectivity index (χ0n) is 23.5. The Morgan fingerprint density at radius 2 is 1.71 bits per heavy atom. The maximum atomic E-state index is 13.2. The van der Waals surface area contributed by atoms with E-state index in [1.165, 1.54) is 37.7 Å². The Bertz CT molecular complexity index is 879. The summed E-state index contributed by atoms with van der Waals surface area (Å²) in [7, 11) is 0. The van der Waals surface area contributed by atoms with Crippen LogP contribution in [0.2, 0.25) is 0 Å². The van der Waals surface area contributed by atoms with Crippen molar-refractivity contribution in [1.29, 1.82) is 0 Å². The van der Waals surface area contributed by atoms with Crippen molar-refractivity contribution >= 4 is 5.78 Å². The van der Waals surface area contributed by atoms with Crippen molar-refractivity contribution in [2.45, 2.75) is 126 Å². The van der Waals surface area contributed by atoms with Gasteiger partial charge in [0, 0.05) is 11.8 Å². The first-order valence-electron chi connectivity index (χ1n) is 14.3. The van der Waals surface area contributed by atoms with E-state index >= 15 is 0 Å². The molecule has 0 aliphatic heterocycles.